The monoisotopic (exact) mass is 525 g/mol. The number of ether oxygens (including phenoxy) is 1. The summed E-state index contributed by atoms with van der Waals surface area (Å²) in [6.45, 7) is 0.884. The van der Waals surface area contributed by atoms with Gasteiger partial charge in [-0.25, -0.2) is 22.9 Å². The minimum Gasteiger partial charge on any atom is -0.386 e. The van der Waals surface area contributed by atoms with Gasteiger partial charge in [0, 0.05) is 0 Å². The van der Waals surface area contributed by atoms with Gasteiger partial charge in [-0.2, -0.15) is 18.4 Å². The van der Waals surface area contributed by atoms with E-state index in [1.165, 1.54) is 0 Å². The number of aromatic nitrogens is 3. The Balaban J connectivity index is 2.28. The molecular formula is C11H15FN3O14P3. The molecule has 32 heavy (non-hydrogen) atoms. The fraction of sp³-hybridized carbons (Fsp3) is 0.545. The average Bonchev–Trinajstić information content (AvgIpc) is 2.84. The molecule has 0 saturated carbocycles. The molecule has 0 aliphatic carbocycles. The van der Waals surface area contributed by atoms with E-state index in [0.717, 1.165) is 6.92 Å². The van der Waals surface area contributed by atoms with Crippen molar-refractivity contribution in [2.75, 3.05) is 0 Å². The largest absolute Gasteiger partial charge is 0.490 e. The first-order valence-corrected chi connectivity index (χ1v) is 12.4. The Labute approximate surface area is 176 Å². The first kappa shape index (κ1) is 26.7. The quantitative estimate of drug-likeness (QED) is 0.163. The van der Waals surface area contributed by atoms with Crippen LogP contribution in [0.2, 0.25) is 0 Å². The Morgan fingerprint density at radius 3 is 2.38 bits per heavy atom. The van der Waals surface area contributed by atoms with Gasteiger partial charge in [0.2, 0.25) is 11.9 Å². The maximum atomic E-state index is 15.3. The topological polar surface area (TPSA) is 257 Å². The van der Waals surface area contributed by atoms with E-state index in [-0.39, 0.29) is 4.68 Å². The van der Waals surface area contributed by atoms with Gasteiger partial charge in [-0.3, -0.25) is 14.3 Å². The van der Waals surface area contributed by atoms with Gasteiger partial charge in [0.25, 0.3) is 5.56 Å². The molecule has 7 atom stereocenters. The summed E-state index contributed by atoms with van der Waals surface area (Å²) in [5, 5.41) is 13.6. The molecule has 2 rings (SSSR count). The molecule has 3 unspecified atom stereocenters. The number of phosphoric ester groups is 1. The molecule has 1 fully saturated rings. The minimum absolute atomic E-state index is 0.238. The maximum absolute atomic E-state index is 15.3. The standard InChI is InChI=1S/C11H15FN3O14P3/c1-3-11(12)8(17)7(26-9(11)15-10(18)14-6(16)4-13-15)5(2)27-31(22,23)29-32(24,25)28-30(19,20)21/h1,4-5,7-9,17H,2H3,(H,22,23)(H,24,25)(H,14,16,18)(H2,19,20,21)/t5-,7-,8+,9-,11?/m1/s1. The Hall–Kier alpha value is -1.57. The number of aromatic amines is 1. The summed E-state index contributed by atoms with van der Waals surface area (Å²) in [6, 6.07) is 0. The van der Waals surface area contributed by atoms with E-state index in [9.17, 15) is 33.3 Å². The fourth-order valence-electron chi connectivity index (χ4n) is 2.57. The lowest BCUT2D eigenvalue weighted by molar-refractivity contribution is -0.0828. The number of hydrogen-bond acceptors (Lipinski definition) is 11. The Kier molecular flexibility index (Phi) is 7.50. The van der Waals surface area contributed by atoms with E-state index in [0.29, 0.717) is 6.20 Å². The second-order valence-corrected chi connectivity index (χ2v) is 10.5. The third kappa shape index (κ3) is 6.06. The van der Waals surface area contributed by atoms with Gasteiger partial charge in [0.1, 0.15) is 18.4 Å². The van der Waals surface area contributed by atoms with Crippen molar-refractivity contribution in [1.29, 1.82) is 0 Å². The number of nitrogens with one attached hydrogen (secondary N) is 1. The van der Waals surface area contributed by atoms with Gasteiger partial charge < -0.3 is 29.4 Å². The van der Waals surface area contributed by atoms with E-state index < -0.39 is 64.9 Å². The first-order chi connectivity index (χ1) is 14.4. The van der Waals surface area contributed by atoms with Crippen LogP contribution in [0.3, 0.4) is 0 Å². The number of alkyl halides is 1. The zero-order chi connectivity index (χ0) is 24.7. The minimum atomic E-state index is -5.84. The van der Waals surface area contributed by atoms with Crippen LogP contribution in [0.25, 0.3) is 0 Å². The van der Waals surface area contributed by atoms with Crippen molar-refractivity contribution in [3.63, 3.8) is 0 Å². The molecule has 1 aromatic heterocycles. The Morgan fingerprint density at radius 2 is 1.88 bits per heavy atom. The maximum Gasteiger partial charge on any atom is 0.490 e. The lowest BCUT2D eigenvalue weighted by Gasteiger charge is -2.25. The predicted octanol–water partition coefficient (Wildman–Crippen LogP) is -1.74. The normalized spacial score (nSPS) is 30.8. The van der Waals surface area contributed by atoms with E-state index >= 15 is 4.39 Å². The molecule has 1 saturated heterocycles. The Morgan fingerprint density at radius 1 is 1.28 bits per heavy atom. The molecule has 1 aliphatic heterocycles. The number of hydrogen-bond donors (Lipinski definition) is 6. The van der Waals surface area contributed by atoms with Crippen LogP contribution in [0.4, 0.5) is 4.39 Å². The molecule has 21 heteroatoms. The van der Waals surface area contributed by atoms with E-state index in [4.69, 9.17) is 25.8 Å². The number of aliphatic hydroxyl groups is 1. The van der Waals surface area contributed by atoms with Crippen molar-refractivity contribution in [2.24, 2.45) is 0 Å². The van der Waals surface area contributed by atoms with Gasteiger partial charge in [0.05, 0.1) is 6.10 Å². The van der Waals surface area contributed by atoms with Crippen LogP contribution < -0.4 is 11.2 Å². The summed E-state index contributed by atoms with van der Waals surface area (Å²) in [4.78, 5) is 60.5. The zero-order valence-corrected chi connectivity index (χ0v) is 18.2. The predicted molar refractivity (Wildman–Crippen MR) is 96.1 cm³/mol. The molecule has 6 N–H and O–H groups in total. The molecule has 1 aromatic rings. The van der Waals surface area contributed by atoms with E-state index in [2.05, 4.69) is 18.2 Å². The summed E-state index contributed by atoms with van der Waals surface area (Å²) in [5.74, 6) is 1.55. The molecule has 17 nitrogen and oxygen atoms in total. The van der Waals surface area contributed by atoms with Crippen molar-refractivity contribution < 1.29 is 60.6 Å². The number of halogens is 1. The van der Waals surface area contributed by atoms with E-state index in [1.807, 2.05) is 0 Å². The van der Waals surface area contributed by atoms with E-state index in [1.54, 1.807) is 10.9 Å². The van der Waals surface area contributed by atoms with Crippen LogP contribution in [0.15, 0.2) is 15.8 Å². The highest BCUT2D eigenvalue weighted by Gasteiger charge is 2.60. The first-order valence-electron chi connectivity index (χ1n) is 7.91. The van der Waals surface area contributed by atoms with Crippen molar-refractivity contribution in [1.82, 2.24) is 14.8 Å². The third-order valence-corrected chi connectivity index (χ3v) is 7.67. The van der Waals surface area contributed by atoms with Crippen molar-refractivity contribution >= 4 is 23.5 Å². The van der Waals surface area contributed by atoms with Gasteiger partial charge >= 0.3 is 29.2 Å². The summed E-state index contributed by atoms with van der Waals surface area (Å²) in [5.41, 5.74) is -5.42. The van der Waals surface area contributed by atoms with Crippen LogP contribution in [-0.4, -0.2) is 63.4 Å². The highest BCUT2D eigenvalue weighted by molar-refractivity contribution is 7.66. The lowest BCUT2D eigenvalue weighted by atomic mass is 9.95. The summed E-state index contributed by atoms with van der Waals surface area (Å²) in [6.07, 6.45) is -2.67. The fourth-order valence-corrected chi connectivity index (χ4v) is 5.77. The highest BCUT2D eigenvalue weighted by atomic mass is 31.3. The molecular weight excluding hydrogens is 510 g/mol. The molecule has 2 heterocycles. The smallest absolute Gasteiger partial charge is 0.386 e. The van der Waals surface area contributed by atoms with Crippen molar-refractivity contribution in [3.8, 4) is 12.3 Å². The number of nitrogens with zero attached hydrogens (tertiary/aromatic N) is 2. The van der Waals surface area contributed by atoms with Crippen molar-refractivity contribution in [2.45, 2.75) is 37.1 Å². The second kappa shape index (κ2) is 8.99. The van der Waals surface area contributed by atoms with Gasteiger partial charge in [-0.05, 0) is 6.92 Å². The number of phosphoric acid groups is 3. The Bertz CT molecular complexity index is 1170. The molecule has 0 spiro atoms. The van der Waals surface area contributed by atoms with Gasteiger partial charge in [0.15, 0.2) is 0 Å². The van der Waals surface area contributed by atoms with Crippen molar-refractivity contribution in [3.05, 3.63) is 27.0 Å². The van der Waals surface area contributed by atoms with Crippen LogP contribution >= 0.6 is 23.5 Å². The molecule has 0 bridgehead atoms. The number of rotatable bonds is 8. The summed E-state index contributed by atoms with van der Waals surface area (Å²) >= 11 is 0. The molecule has 1 aliphatic rings. The van der Waals surface area contributed by atoms with Crippen LogP contribution in [0, 0.1) is 12.3 Å². The van der Waals surface area contributed by atoms with Crippen LogP contribution in [0.5, 0.6) is 0 Å². The van der Waals surface area contributed by atoms with Gasteiger partial charge in [-0.15, -0.1) is 6.42 Å². The molecule has 0 aromatic carbocycles. The van der Waals surface area contributed by atoms with Crippen LogP contribution in [-0.2, 0) is 31.6 Å². The molecule has 180 valence electrons. The lowest BCUT2D eigenvalue weighted by Crippen LogP contribution is -2.46. The molecule has 0 amide bonds. The second-order valence-electron chi connectivity index (χ2n) is 6.10. The third-order valence-electron chi connectivity index (χ3n) is 3.75. The average molecular weight is 525 g/mol. The van der Waals surface area contributed by atoms with Gasteiger partial charge in [-0.1, -0.05) is 5.92 Å². The number of terminal acetylenes is 1. The summed E-state index contributed by atoms with van der Waals surface area (Å²) < 4.78 is 66.1. The zero-order valence-electron chi connectivity index (χ0n) is 15.5. The number of aliphatic hydroxyl groups excluding tert-OH is 1. The highest BCUT2D eigenvalue weighted by Crippen LogP contribution is 2.66. The summed E-state index contributed by atoms with van der Waals surface area (Å²) in [7, 11) is -17.1. The number of H-pyrrole nitrogens is 1. The van der Waals surface area contributed by atoms with Crippen LogP contribution in [0.1, 0.15) is 13.2 Å². The molecule has 0 radical (unpaired) electrons. The SMILES string of the molecule is C#CC1(F)[C@@H](O)[C@@H]([C@@H](C)OP(=O)(O)OP(=O)(O)OP(=O)(O)O)O[C@H]1n1ncc(=O)[nH]c1=O.